The Morgan fingerprint density at radius 1 is 1.37 bits per heavy atom. The van der Waals surface area contributed by atoms with E-state index >= 15 is 0 Å². The Morgan fingerprint density at radius 3 is 2.47 bits per heavy atom. The van der Waals surface area contributed by atoms with Gasteiger partial charge in [-0.25, -0.2) is 0 Å². The number of rotatable bonds is 5. The summed E-state index contributed by atoms with van der Waals surface area (Å²) in [5.74, 6) is 0.709. The molecule has 0 radical (unpaired) electrons. The second-order valence-corrected chi connectivity index (χ2v) is 5.20. The van der Waals surface area contributed by atoms with E-state index in [4.69, 9.17) is 10.5 Å². The van der Waals surface area contributed by atoms with Crippen LogP contribution in [0.1, 0.15) is 37.9 Å². The maximum Gasteiger partial charge on any atom is 0.260 e. The van der Waals surface area contributed by atoms with Crippen molar-refractivity contribution >= 4 is 5.91 Å². The molecule has 0 aliphatic heterocycles. The SMILES string of the molecule is Cc1cc([C@@H](C)N)ccc1OCC(=O)N(C)C(C)C. The highest BCUT2D eigenvalue weighted by atomic mass is 16.5. The molecule has 1 atom stereocenters. The second-order valence-electron chi connectivity index (χ2n) is 5.20. The van der Waals surface area contributed by atoms with Gasteiger partial charge in [0.05, 0.1) is 0 Å². The molecule has 106 valence electrons. The van der Waals surface area contributed by atoms with Crippen molar-refractivity contribution in [2.45, 2.75) is 39.8 Å². The van der Waals surface area contributed by atoms with Gasteiger partial charge in [0.15, 0.2) is 6.61 Å². The van der Waals surface area contributed by atoms with Crippen LogP contribution in [0.15, 0.2) is 18.2 Å². The van der Waals surface area contributed by atoms with Gasteiger partial charge >= 0.3 is 0 Å². The summed E-state index contributed by atoms with van der Waals surface area (Å²) in [7, 11) is 1.78. The first kappa shape index (κ1) is 15.5. The Balaban J connectivity index is 2.66. The minimum Gasteiger partial charge on any atom is -0.484 e. The summed E-state index contributed by atoms with van der Waals surface area (Å²) in [4.78, 5) is 13.5. The Labute approximate surface area is 115 Å². The van der Waals surface area contributed by atoms with Gasteiger partial charge in [-0.2, -0.15) is 0 Å². The van der Waals surface area contributed by atoms with Gasteiger partial charge in [-0.1, -0.05) is 12.1 Å². The third-order valence-electron chi connectivity index (χ3n) is 3.24. The van der Waals surface area contributed by atoms with E-state index < -0.39 is 0 Å². The Bertz CT molecular complexity index is 442. The minimum atomic E-state index is -0.0225. The molecule has 4 nitrogen and oxygen atoms in total. The molecule has 0 bridgehead atoms. The van der Waals surface area contributed by atoms with Crippen molar-refractivity contribution in [3.8, 4) is 5.75 Å². The van der Waals surface area contributed by atoms with Gasteiger partial charge in [0.1, 0.15) is 5.75 Å². The molecule has 19 heavy (non-hydrogen) atoms. The predicted molar refractivity (Wildman–Crippen MR) is 77.2 cm³/mol. The fourth-order valence-electron chi connectivity index (χ4n) is 1.65. The first-order valence-corrected chi connectivity index (χ1v) is 6.57. The Morgan fingerprint density at radius 2 is 2.00 bits per heavy atom. The van der Waals surface area contributed by atoms with Crippen molar-refractivity contribution in [2.24, 2.45) is 5.73 Å². The van der Waals surface area contributed by atoms with Gasteiger partial charge in [-0.05, 0) is 44.9 Å². The molecular formula is C15H24N2O2. The molecule has 0 saturated carbocycles. The van der Waals surface area contributed by atoms with Crippen molar-refractivity contribution in [1.29, 1.82) is 0 Å². The van der Waals surface area contributed by atoms with Crippen LogP contribution in [0.25, 0.3) is 0 Å². The molecule has 0 fully saturated rings. The molecule has 0 aliphatic rings. The lowest BCUT2D eigenvalue weighted by molar-refractivity contribution is -0.133. The van der Waals surface area contributed by atoms with E-state index in [0.717, 1.165) is 16.9 Å². The van der Waals surface area contributed by atoms with Crippen LogP contribution in [0.5, 0.6) is 5.75 Å². The monoisotopic (exact) mass is 264 g/mol. The molecular weight excluding hydrogens is 240 g/mol. The number of benzene rings is 1. The number of carbonyl (C=O) groups excluding carboxylic acids is 1. The number of amides is 1. The molecule has 1 aromatic rings. The molecule has 4 heteroatoms. The lowest BCUT2D eigenvalue weighted by Gasteiger charge is -2.21. The average molecular weight is 264 g/mol. The van der Waals surface area contributed by atoms with Crippen molar-refractivity contribution in [3.63, 3.8) is 0 Å². The average Bonchev–Trinajstić information content (AvgIpc) is 2.35. The molecule has 0 unspecified atom stereocenters. The van der Waals surface area contributed by atoms with Crippen LogP contribution >= 0.6 is 0 Å². The number of hydrogen-bond donors (Lipinski definition) is 1. The second kappa shape index (κ2) is 6.57. The molecule has 1 amide bonds. The molecule has 1 rings (SSSR count). The maximum atomic E-state index is 11.8. The zero-order valence-corrected chi connectivity index (χ0v) is 12.4. The van der Waals surface area contributed by atoms with Crippen molar-refractivity contribution in [3.05, 3.63) is 29.3 Å². The summed E-state index contributed by atoms with van der Waals surface area (Å²) in [5, 5.41) is 0. The minimum absolute atomic E-state index is 0.00135. The number of nitrogens with zero attached hydrogens (tertiary/aromatic N) is 1. The van der Waals surface area contributed by atoms with Gasteiger partial charge in [0.25, 0.3) is 5.91 Å². The number of aryl methyl sites for hydroxylation is 1. The van der Waals surface area contributed by atoms with E-state index in [9.17, 15) is 4.79 Å². The zero-order chi connectivity index (χ0) is 14.6. The molecule has 0 aliphatic carbocycles. The molecule has 1 aromatic carbocycles. The fourth-order valence-corrected chi connectivity index (χ4v) is 1.65. The van der Waals surface area contributed by atoms with Crippen LogP contribution in [0, 0.1) is 6.92 Å². The highest BCUT2D eigenvalue weighted by Crippen LogP contribution is 2.21. The number of nitrogens with two attached hydrogens (primary N) is 1. The first-order valence-electron chi connectivity index (χ1n) is 6.57. The van der Waals surface area contributed by atoms with Gasteiger partial charge in [0.2, 0.25) is 0 Å². The molecule has 0 saturated heterocycles. The zero-order valence-electron chi connectivity index (χ0n) is 12.4. The number of carbonyl (C=O) groups is 1. The summed E-state index contributed by atoms with van der Waals surface area (Å²) < 4.78 is 5.57. The van der Waals surface area contributed by atoms with Gasteiger partial charge in [-0.15, -0.1) is 0 Å². The van der Waals surface area contributed by atoms with Crippen LogP contribution in [-0.4, -0.2) is 30.5 Å². The van der Waals surface area contributed by atoms with E-state index in [1.165, 1.54) is 0 Å². The van der Waals surface area contributed by atoms with Crippen molar-refractivity contribution < 1.29 is 9.53 Å². The normalized spacial score (nSPS) is 12.4. The van der Waals surface area contributed by atoms with Gasteiger partial charge in [0, 0.05) is 19.1 Å². The highest BCUT2D eigenvalue weighted by Gasteiger charge is 2.13. The highest BCUT2D eigenvalue weighted by molar-refractivity contribution is 5.77. The predicted octanol–water partition coefficient (Wildman–Crippen LogP) is 2.26. The molecule has 2 N–H and O–H groups in total. The van der Waals surface area contributed by atoms with E-state index in [0.29, 0.717) is 0 Å². The van der Waals surface area contributed by atoms with E-state index in [1.54, 1.807) is 11.9 Å². The van der Waals surface area contributed by atoms with Gasteiger partial charge < -0.3 is 15.4 Å². The smallest absolute Gasteiger partial charge is 0.260 e. The maximum absolute atomic E-state index is 11.8. The standard InChI is InChI=1S/C15H24N2O2/c1-10(2)17(5)15(18)9-19-14-7-6-13(12(4)16)8-11(14)3/h6-8,10,12H,9,16H2,1-5H3/t12-/m1/s1. The van der Waals surface area contributed by atoms with E-state index in [2.05, 4.69) is 0 Å². The summed E-state index contributed by atoms with van der Waals surface area (Å²) >= 11 is 0. The van der Waals surface area contributed by atoms with Gasteiger partial charge in [-0.3, -0.25) is 4.79 Å². The topological polar surface area (TPSA) is 55.6 Å². The lowest BCUT2D eigenvalue weighted by atomic mass is 10.1. The lowest BCUT2D eigenvalue weighted by Crippen LogP contribution is -2.36. The first-order chi connectivity index (χ1) is 8.82. The fraction of sp³-hybridized carbons (Fsp3) is 0.533. The molecule has 0 heterocycles. The van der Waals surface area contributed by atoms with Crippen LogP contribution in [0.3, 0.4) is 0 Å². The number of ether oxygens (including phenoxy) is 1. The molecule has 0 spiro atoms. The Kier molecular flexibility index (Phi) is 5.36. The number of likely N-dealkylation sites (N-methyl/N-ethyl adjacent to an activating group) is 1. The van der Waals surface area contributed by atoms with E-state index in [-0.39, 0.29) is 24.6 Å². The van der Waals surface area contributed by atoms with E-state index in [1.807, 2.05) is 45.9 Å². The largest absolute Gasteiger partial charge is 0.484 e. The van der Waals surface area contributed by atoms with Crippen LogP contribution in [0.2, 0.25) is 0 Å². The summed E-state index contributed by atoms with van der Waals surface area (Å²) in [6.07, 6.45) is 0. The molecule has 0 aromatic heterocycles. The van der Waals surface area contributed by atoms with Crippen molar-refractivity contribution in [2.75, 3.05) is 13.7 Å². The third-order valence-corrected chi connectivity index (χ3v) is 3.24. The van der Waals surface area contributed by atoms with Crippen LogP contribution < -0.4 is 10.5 Å². The van der Waals surface area contributed by atoms with Crippen LogP contribution in [0.4, 0.5) is 0 Å². The summed E-state index contributed by atoms with van der Waals surface area (Å²) in [6.45, 7) is 7.91. The summed E-state index contributed by atoms with van der Waals surface area (Å²) in [5.41, 5.74) is 7.89. The van der Waals surface area contributed by atoms with Crippen molar-refractivity contribution in [1.82, 2.24) is 4.90 Å². The van der Waals surface area contributed by atoms with Crippen LogP contribution in [-0.2, 0) is 4.79 Å². The quantitative estimate of drug-likeness (QED) is 0.887. The Hall–Kier alpha value is -1.55. The third kappa shape index (κ3) is 4.24. The summed E-state index contributed by atoms with van der Waals surface area (Å²) in [6, 6.07) is 5.98. The number of hydrogen-bond acceptors (Lipinski definition) is 3.